The maximum atomic E-state index is 12.5. The summed E-state index contributed by atoms with van der Waals surface area (Å²) in [5, 5.41) is 9.11. The third-order valence-electron chi connectivity index (χ3n) is 3.01. The summed E-state index contributed by atoms with van der Waals surface area (Å²) >= 11 is 0. The second kappa shape index (κ2) is 4.73. The second-order valence-electron chi connectivity index (χ2n) is 5.61. The van der Waals surface area contributed by atoms with Crippen LogP contribution in [0.5, 0.6) is 0 Å². The van der Waals surface area contributed by atoms with Crippen molar-refractivity contribution in [1.82, 2.24) is 19.6 Å². The maximum Gasteiger partial charge on any atom is 0.327 e. The first-order valence-corrected chi connectivity index (χ1v) is 6.28. The van der Waals surface area contributed by atoms with Gasteiger partial charge in [0.05, 0.1) is 24.5 Å². The Morgan fingerprint density at radius 3 is 2.60 bits per heavy atom. The van der Waals surface area contributed by atoms with Gasteiger partial charge in [-0.05, 0) is 27.7 Å². The van der Waals surface area contributed by atoms with E-state index < -0.39 is 5.97 Å². The van der Waals surface area contributed by atoms with Crippen LogP contribution in [0.25, 0.3) is 10.9 Å². The molecule has 0 saturated carbocycles. The van der Waals surface area contributed by atoms with Gasteiger partial charge in [0, 0.05) is 5.39 Å². The predicted molar refractivity (Wildman–Crippen MR) is 73.5 cm³/mol. The second-order valence-corrected chi connectivity index (χ2v) is 5.61. The Labute approximate surface area is 116 Å². The first kappa shape index (κ1) is 14.2. The molecule has 0 aromatic carbocycles. The zero-order chi connectivity index (χ0) is 15.1. The van der Waals surface area contributed by atoms with Crippen molar-refractivity contribution in [2.45, 2.75) is 39.8 Å². The largest absolute Gasteiger partial charge is 0.468 e. The van der Waals surface area contributed by atoms with Gasteiger partial charge in [0.1, 0.15) is 12.1 Å². The predicted octanol–water partition coefficient (Wildman–Crippen LogP) is 0.829. The topological polar surface area (TPSA) is 79.0 Å². The van der Waals surface area contributed by atoms with Gasteiger partial charge in [-0.2, -0.15) is 10.2 Å². The molecular weight excluding hydrogens is 260 g/mol. The Hall–Kier alpha value is -2.18. The van der Waals surface area contributed by atoms with Gasteiger partial charge in [-0.15, -0.1) is 0 Å². The molecule has 0 atom stereocenters. The molecule has 0 amide bonds. The zero-order valence-electron chi connectivity index (χ0n) is 12.3. The third kappa shape index (κ3) is 2.31. The van der Waals surface area contributed by atoms with Crippen molar-refractivity contribution in [1.29, 1.82) is 0 Å². The van der Waals surface area contributed by atoms with Crippen LogP contribution in [-0.4, -0.2) is 32.6 Å². The highest BCUT2D eigenvalue weighted by Gasteiger charge is 2.22. The van der Waals surface area contributed by atoms with Gasteiger partial charge in [0.2, 0.25) is 0 Å². The molecule has 0 spiro atoms. The molecule has 2 aromatic heterocycles. The fourth-order valence-electron chi connectivity index (χ4n) is 2.02. The number of aryl methyl sites for hydroxylation is 1. The van der Waals surface area contributed by atoms with Crippen LogP contribution in [0.1, 0.15) is 26.5 Å². The molecule has 0 aliphatic heterocycles. The summed E-state index contributed by atoms with van der Waals surface area (Å²) in [5.41, 5.74) is 0.425. The van der Waals surface area contributed by atoms with E-state index in [0.29, 0.717) is 16.6 Å². The average molecular weight is 278 g/mol. The summed E-state index contributed by atoms with van der Waals surface area (Å²) in [5.74, 6) is -0.514. The summed E-state index contributed by atoms with van der Waals surface area (Å²) in [4.78, 5) is 23.8. The number of rotatable bonds is 2. The van der Waals surface area contributed by atoms with Gasteiger partial charge < -0.3 is 4.74 Å². The standard InChI is InChI=1S/C13H18N4O3/c1-8-9-6-14-17(13(2,3)4)11(9)12(19)16(15-8)7-10(18)20-5/h6H,7H2,1-5H3. The SMILES string of the molecule is COC(=O)Cn1nc(C)c2cnn(C(C)(C)C)c2c1=O. The molecule has 108 valence electrons. The van der Waals surface area contributed by atoms with E-state index in [1.807, 2.05) is 20.8 Å². The number of ether oxygens (including phenoxy) is 1. The lowest BCUT2D eigenvalue weighted by molar-refractivity contribution is -0.141. The molecule has 20 heavy (non-hydrogen) atoms. The molecule has 0 N–H and O–H groups in total. The molecule has 0 aliphatic carbocycles. The van der Waals surface area contributed by atoms with E-state index in [-0.39, 0.29) is 17.6 Å². The number of esters is 1. The van der Waals surface area contributed by atoms with Crippen LogP contribution in [0.3, 0.4) is 0 Å². The van der Waals surface area contributed by atoms with Crippen molar-refractivity contribution in [2.24, 2.45) is 0 Å². The molecular formula is C13H18N4O3. The summed E-state index contributed by atoms with van der Waals surface area (Å²) < 4.78 is 7.36. The smallest absolute Gasteiger partial charge is 0.327 e. The van der Waals surface area contributed by atoms with E-state index in [1.165, 1.54) is 7.11 Å². The number of methoxy groups -OCH3 is 1. The van der Waals surface area contributed by atoms with Crippen LogP contribution in [0.4, 0.5) is 0 Å². The lowest BCUT2D eigenvalue weighted by atomic mass is 10.1. The van der Waals surface area contributed by atoms with Crippen molar-refractivity contribution in [3.05, 3.63) is 22.2 Å². The normalized spacial score (nSPS) is 11.8. The molecule has 7 nitrogen and oxygen atoms in total. The molecule has 0 saturated heterocycles. The number of carbonyl (C=O) groups is 1. The summed E-state index contributed by atoms with van der Waals surface area (Å²) in [7, 11) is 1.28. The number of fused-ring (bicyclic) bond motifs is 1. The van der Waals surface area contributed by atoms with Gasteiger partial charge in [-0.25, -0.2) is 4.68 Å². The van der Waals surface area contributed by atoms with Gasteiger partial charge >= 0.3 is 5.97 Å². The quantitative estimate of drug-likeness (QED) is 0.760. The highest BCUT2D eigenvalue weighted by atomic mass is 16.5. The summed E-state index contributed by atoms with van der Waals surface area (Å²) in [6.45, 7) is 7.45. The first-order valence-electron chi connectivity index (χ1n) is 6.28. The summed E-state index contributed by atoms with van der Waals surface area (Å²) in [6, 6.07) is 0. The Kier molecular flexibility index (Phi) is 3.37. The van der Waals surface area contributed by atoms with E-state index in [2.05, 4.69) is 14.9 Å². The minimum absolute atomic E-state index is 0.207. The first-order chi connectivity index (χ1) is 9.25. The van der Waals surface area contributed by atoms with E-state index in [4.69, 9.17) is 0 Å². The van der Waals surface area contributed by atoms with Crippen LogP contribution in [0.15, 0.2) is 11.0 Å². The Balaban J connectivity index is 2.73. The lowest BCUT2D eigenvalue weighted by Crippen LogP contribution is -2.32. The van der Waals surface area contributed by atoms with E-state index in [0.717, 1.165) is 4.68 Å². The third-order valence-corrected chi connectivity index (χ3v) is 3.01. The monoisotopic (exact) mass is 278 g/mol. The van der Waals surface area contributed by atoms with Crippen LogP contribution >= 0.6 is 0 Å². The number of nitrogens with zero attached hydrogens (tertiary/aromatic N) is 4. The van der Waals surface area contributed by atoms with E-state index in [9.17, 15) is 9.59 Å². The minimum Gasteiger partial charge on any atom is -0.468 e. The Morgan fingerprint density at radius 1 is 1.40 bits per heavy atom. The lowest BCUT2D eigenvalue weighted by Gasteiger charge is -2.20. The molecule has 0 radical (unpaired) electrons. The van der Waals surface area contributed by atoms with Gasteiger partial charge in [0.15, 0.2) is 0 Å². The molecule has 2 heterocycles. The highest BCUT2D eigenvalue weighted by Crippen LogP contribution is 2.20. The van der Waals surface area contributed by atoms with Gasteiger partial charge in [-0.3, -0.25) is 14.3 Å². The molecule has 2 rings (SSSR count). The zero-order valence-corrected chi connectivity index (χ0v) is 12.3. The number of carbonyl (C=O) groups excluding carboxylic acids is 1. The van der Waals surface area contributed by atoms with Crippen LogP contribution in [-0.2, 0) is 21.6 Å². The van der Waals surface area contributed by atoms with Gasteiger partial charge in [-0.1, -0.05) is 0 Å². The van der Waals surface area contributed by atoms with Crippen molar-refractivity contribution in [3.8, 4) is 0 Å². The fourth-order valence-corrected chi connectivity index (χ4v) is 2.02. The van der Waals surface area contributed by atoms with Gasteiger partial charge in [0.25, 0.3) is 5.56 Å². The highest BCUT2D eigenvalue weighted by molar-refractivity contribution is 5.80. The molecule has 0 unspecified atom stereocenters. The molecule has 0 aliphatic rings. The van der Waals surface area contributed by atoms with Crippen molar-refractivity contribution >= 4 is 16.9 Å². The van der Waals surface area contributed by atoms with E-state index in [1.54, 1.807) is 17.8 Å². The number of hydrogen-bond acceptors (Lipinski definition) is 5. The molecule has 2 aromatic rings. The molecule has 0 bridgehead atoms. The minimum atomic E-state index is -0.514. The summed E-state index contributed by atoms with van der Waals surface area (Å²) in [6.07, 6.45) is 1.63. The number of hydrogen-bond donors (Lipinski definition) is 0. The molecule has 7 heteroatoms. The van der Waals surface area contributed by atoms with Crippen LogP contribution < -0.4 is 5.56 Å². The van der Waals surface area contributed by atoms with E-state index >= 15 is 0 Å². The Bertz CT molecular complexity index is 722. The average Bonchev–Trinajstić information content (AvgIpc) is 2.80. The van der Waals surface area contributed by atoms with Crippen LogP contribution in [0, 0.1) is 6.92 Å². The fraction of sp³-hybridized carbons (Fsp3) is 0.538. The maximum absolute atomic E-state index is 12.5. The van der Waals surface area contributed by atoms with Crippen LogP contribution in [0.2, 0.25) is 0 Å². The van der Waals surface area contributed by atoms with Crippen molar-refractivity contribution < 1.29 is 9.53 Å². The molecule has 0 fully saturated rings. The Morgan fingerprint density at radius 2 is 2.05 bits per heavy atom. The van der Waals surface area contributed by atoms with Crippen molar-refractivity contribution in [3.63, 3.8) is 0 Å². The van der Waals surface area contributed by atoms with Crippen molar-refractivity contribution in [2.75, 3.05) is 7.11 Å². The number of aromatic nitrogens is 4.